The van der Waals surface area contributed by atoms with Crippen molar-refractivity contribution in [2.45, 2.75) is 53.5 Å². The average molecular weight is 318 g/mol. The number of carbonyl (C=O) groups excluding carboxylic acids is 1. The van der Waals surface area contributed by atoms with Gasteiger partial charge in [-0.25, -0.2) is 4.98 Å². The Labute approximate surface area is 134 Å². The van der Waals surface area contributed by atoms with E-state index in [-0.39, 0.29) is 17.9 Å². The predicted molar refractivity (Wildman–Crippen MR) is 89.5 cm³/mol. The van der Waals surface area contributed by atoms with Crippen molar-refractivity contribution in [3.05, 3.63) is 27.1 Å². The summed E-state index contributed by atoms with van der Waals surface area (Å²) in [5.41, 5.74) is 0.667. The van der Waals surface area contributed by atoms with Crippen molar-refractivity contribution in [1.29, 1.82) is 0 Å². The molecule has 1 atom stereocenters. The van der Waals surface area contributed by atoms with Crippen LogP contribution in [0.25, 0.3) is 10.2 Å². The van der Waals surface area contributed by atoms with Crippen LogP contribution < -0.4 is 5.56 Å². The Morgan fingerprint density at radius 3 is 2.86 bits per heavy atom. The molecule has 0 N–H and O–H groups in total. The maximum Gasteiger partial charge on any atom is 0.262 e. The lowest BCUT2D eigenvalue weighted by molar-refractivity contribution is -0.126. The molecule has 0 fully saturated rings. The van der Waals surface area contributed by atoms with E-state index in [2.05, 4.69) is 11.9 Å². The van der Waals surface area contributed by atoms with Gasteiger partial charge in [0.05, 0.1) is 18.3 Å². The maximum absolute atomic E-state index is 12.8. The molecule has 0 spiro atoms. The Morgan fingerprint density at radius 2 is 2.18 bits per heavy atom. The molecule has 2 heterocycles. The minimum Gasteiger partial charge on any atom is -0.297 e. The van der Waals surface area contributed by atoms with Gasteiger partial charge in [-0.3, -0.25) is 14.2 Å². The molecule has 0 bridgehead atoms. The number of Topliss-reactive ketones (excluding diaryl/α,β-unsaturated/α-hetero) is 1. The van der Waals surface area contributed by atoms with Crippen LogP contribution in [0.3, 0.4) is 0 Å². The third-order valence-electron chi connectivity index (χ3n) is 4.43. The van der Waals surface area contributed by atoms with Gasteiger partial charge in [-0.15, -0.1) is 11.3 Å². The SMILES string of the molecule is CC1CCc2c(sc3ncn(CC(=O)C(C)(C)C)c(=O)c23)C1. The van der Waals surface area contributed by atoms with Crippen LogP contribution in [0.2, 0.25) is 0 Å². The summed E-state index contributed by atoms with van der Waals surface area (Å²) in [4.78, 5) is 31.6. The van der Waals surface area contributed by atoms with E-state index in [1.807, 2.05) is 20.8 Å². The monoisotopic (exact) mass is 318 g/mol. The second kappa shape index (κ2) is 5.30. The summed E-state index contributed by atoms with van der Waals surface area (Å²) in [5.74, 6) is 0.721. The third kappa shape index (κ3) is 2.62. The third-order valence-corrected chi connectivity index (χ3v) is 5.60. The van der Waals surface area contributed by atoms with Gasteiger partial charge in [-0.05, 0) is 30.7 Å². The van der Waals surface area contributed by atoms with Gasteiger partial charge >= 0.3 is 0 Å². The van der Waals surface area contributed by atoms with Crippen LogP contribution in [0.4, 0.5) is 0 Å². The van der Waals surface area contributed by atoms with Gasteiger partial charge < -0.3 is 0 Å². The van der Waals surface area contributed by atoms with Crippen molar-refractivity contribution in [3.8, 4) is 0 Å². The van der Waals surface area contributed by atoms with E-state index in [0.717, 1.165) is 29.5 Å². The van der Waals surface area contributed by atoms with Gasteiger partial charge in [-0.2, -0.15) is 0 Å². The molecule has 0 radical (unpaired) electrons. The highest BCUT2D eigenvalue weighted by molar-refractivity contribution is 7.18. The van der Waals surface area contributed by atoms with Crippen LogP contribution >= 0.6 is 11.3 Å². The van der Waals surface area contributed by atoms with E-state index in [4.69, 9.17) is 0 Å². The fourth-order valence-electron chi connectivity index (χ4n) is 2.87. The summed E-state index contributed by atoms with van der Waals surface area (Å²) in [5, 5.41) is 0.746. The van der Waals surface area contributed by atoms with Crippen LogP contribution in [-0.4, -0.2) is 15.3 Å². The number of carbonyl (C=O) groups is 1. The van der Waals surface area contributed by atoms with Crippen LogP contribution in [-0.2, 0) is 24.2 Å². The lowest BCUT2D eigenvalue weighted by Gasteiger charge is -2.18. The largest absolute Gasteiger partial charge is 0.297 e. The highest BCUT2D eigenvalue weighted by Gasteiger charge is 2.25. The van der Waals surface area contributed by atoms with Crippen molar-refractivity contribution in [1.82, 2.24) is 9.55 Å². The van der Waals surface area contributed by atoms with Crippen molar-refractivity contribution < 1.29 is 4.79 Å². The van der Waals surface area contributed by atoms with E-state index in [9.17, 15) is 9.59 Å². The molecule has 0 saturated heterocycles. The van der Waals surface area contributed by atoms with Gasteiger partial charge in [0.2, 0.25) is 0 Å². The lowest BCUT2D eigenvalue weighted by atomic mass is 9.89. The van der Waals surface area contributed by atoms with Crippen molar-refractivity contribution in [3.63, 3.8) is 0 Å². The van der Waals surface area contributed by atoms with Crippen LogP contribution in [0, 0.1) is 11.3 Å². The van der Waals surface area contributed by atoms with Gasteiger partial charge in [-0.1, -0.05) is 27.7 Å². The standard InChI is InChI=1S/C17H22N2O2S/c1-10-5-6-11-12(7-10)22-15-14(11)16(21)19(9-18-15)8-13(20)17(2,3)4/h9-10H,5-8H2,1-4H3. The minimum absolute atomic E-state index is 0.0495. The Kier molecular flexibility index (Phi) is 3.71. The van der Waals surface area contributed by atoms with Crippen molar-refractivity contribution in [2.24, 2.45) is 11.3 Å². The van der Waals surface area contributed by atoms with Gasteiger partial charge in [0.1, 0.15) is 4.83 Å². The first kappa shape index (κ1) is 15.4. The van der Waals surface area contributed by atoms with Crippen molar-refractivity contribution in [2.75, 3.05) is 0 Å². The summed E-state index contributed by atoms with van der Waals surface area (Å²) < 4.78 is 1.47. The molecule has 3 rings (SSSR count). The molecule has 0 aromatic carbocycles. The van der Waals surface area contributed by atoms with E-state index < -0.39 is 5.41 Å². The van der Waals surface area contributed by atoms with Gasteiger partial charge in [0, 0.05) is 10.3 Å². The first-order chi connectivity index (χ1) is 10.3. The Balaban J connectivity index is 2.07. The predicted octanol–water partition coefficient (Wildman–Crippen LogP) is 3.20. The summed E-state index contributed by atoms with van der Waals surface area (Å²) in [6, 6.07) is 0. The van der Waals surface area contributed by atoms with Gasteiger partial charge in [0.15, 0.2) is 5.78 Å². The second-order valence-corrected chi connectivity index (χ2v) is 8.47. The van der Waals surface area contributed by atoms with Crippen LogP contribution in [0.1, 0.15) is 44.6 Å². The molecule has 22 heavy (non-hydrogen) atoms. The number of aryl methyl sites for hydroxylation is 1. The van der Waals surface area contributed by atoms with E-state index in [1.54, 1.807) is 11.3 Å². The molecule has 1 unspecified atom stereocenters. The maximum atomic E-state index is 12.8. The average Bonchev–Trinajstić information content (AvgIpc) is 2.78. The highest BCUT2D eigenvalue weighted by Crippen LogP contribution is 2.35. The van der Waals surface area contributed by atoms with E-state index in [0.29, 0.717) is 5.92 Å². The van der Waals surface area contributed by atoms with Crippen LogP contribution in [0.5, 0.6) is 0 Å². The number of rotatable bonds is 2. The van der Waals surface area contributed by atoms with Crippen molar-refractivity contribution >= 4 is 27.3 Å². The number of nitrogens with zero attached hydrogens (tertiary/aromatic N) is 2. The minimum atomic E-state index is -0.447. The number of fused-ring (bicyclic) bond motifs is 3. The Morgan fingerprint density at radius 1 is 1.45 bits per heavy atom. The van der Waals surface area contributed by atoms with E-state index >= 15 is 0 Å². The zero-order valence-corrected chi connectivity index (χ0v) is 14.4. The summed E-state index contributed by atoms with van der Waals surface area (Å²) >= 11 is 1.64. The molecular formula is C17H22N2O2S. The molecule has 4 nitrogen and oxygen atoms in total. The number of ketones is 1. The number of hydrogen-bond donors (Lipinski definition) is 0. The molecule has 1 aliphatic carbocycles. The zero-order valence-electron chi connectivity index (χ0n) is 13.6. The molecule has 1 aliphatic rings. The van der Waals surface area contributed by atoms with E-state index in [1.165, 1.54) is 21.3 Å². The number of hydrogen-bond acceptors (Lipinski definition) is 4. The molecular weight excluding hydrogens is 296 g/mol. The summed E-state index contributed by atoms with van der Waals surface area (Å²) in [7, 11) is 0. The molecule has 0 amide bonds. The highest BCUT2D eigenvalue weighted by atomic mass is 32.1. The van der Waals surface area contributed by atoms with Crippen LogP contribution in [0.15, 0.2) is 11.1 Å². The molecule has 0 saturated carbocycles. The first-order valence-electron chi connectivity index (χ1n) is 7.80. The normalized spacial score (nSPS) is 18.5. The first-order valence-corrected chi connectivity index (χ1v) is 8.62. The summed E-state index contributed by atoms with van der Waals surface area (Å²) in [6.07, 6.45) is 4.63. The Hall–Kier alpha value is -1.49. The molecule has 0 aliphatic heterocycles. The lowest BCUT2D eigenvalue weighted by Crippen LogP contribution is -2.31. The molecule has 2 aromatic rings. The Bertz CT molecular complexity index is 795. The molecule has 118 valence electrons. The van der Waals surface area contributed by atoms with Gasteiger partial charge in [0.25, 0.3) is 5.56 Å². The molecule has 5 heteroatoms. The number of thiophene rings is 1. The summed E-state index contributed by atoms with van der Waals surface area (Å²) in [6.45, 7) is 7.98. The zero-order chi connectivity index (χ0) is 16.1. The number of aromatic nitrogens is 2. The smallest absolute Gasteiger partial charge is 0.262 e. The quantitative estimate of drug-likeness (QED) is 0.854. The molecule has 2 aromatic heterocycles. The fourth-order valence-corrected chi connectivity index (χ4v) is 4.21. The topological polar surface area (TPSA) is 52.0 Å². The fraction of sp³-hybridized carbons (Fsp3) is 0.588. The second-order valence-electron chi connectivity index (χ2n) is 7.38.